The normalized spacial score (nSPS) is 8.20. The van der Waals surface area contributed by atoms with Gasteiger partial charge in [-0.25, -0.2) is 0 Å². The van der Waals surface area contributed by atoms with Crippen LogP contribution in [-0.2, 0) is 9.53 Å². The standard InChI is InChI=1S/C8H12O2/c1-7(2)4-8(3)5-10-6-9/h4,6H,3,5H2,1-2H3. The van der Waals surface area contributed by atoms with Crippen molar-refractivity contribution in [2.24, 2.45) is 0 Å². The number of carbonyl (C=O) groups is 1. The Hall–Kier alpha value is -1.05. The summed E-state index contributed by atoms with van der Waals surface area (Å²) in [6, 6.07) is 0. The third kappa shape index (κ3) is 5.09. The van der Waals surface area contributed by atoms with Gasteiger partial charge < -0.3 is 4.74 Å². The molecule has 56 valence electrons. The van der Waals surface area contributed by atoms with E-state index in [0.29, 0.717) is 6.47 Å². The number of allylic oxidation sites excluding steroid dienone is 1. The Labute approximate surface area is 61.2 Å². The highest BCUT2D eigenvalue weighted by Gasteiger charge is 1.87. The third-order valence-electron chi connectivity index (χ3n) is 0.830. The topological polar surface area (TPSA) is 26.3 Å². The number of hydrogen-bond donors (Lipinski definition) is 0. The van der Waals surface area contributed by atoms with Crippen molar-refractivity contribution in [1.29, 1.82) is 0 Å². The van der Waals surface area contributed by atoms with Crippen molar-refractivity contribution in [2.75, 3.05) is 6.61 Å². The lowest BCUT2D eigenvalue weighted by Gasteiger charge is -1.97. The highest BCUT2D eigenvalue weighted by Crippen LogP contribution is 1.98. The van der Waals surface area contributed by atoms with Gasteiger partial charge in [-0.2, -0.15) is 0 Å². The monoisotopic (exact) mass is 140 g/mol. The molecule has 0 saturated heterocycles. The Morgan fingerprint density at radius 1 is 1.60 bits per heavy atom. The van der Waals surface area contributed by atoms with E-state index in [1.54, 1.807) is 0 Å². The van der Waals surface area contributed by atoms with Crippen molar-refractivity contribution in [3.05, 3.63) is 23.8 Å². The van der Waals surface area contributed by atoms with Gasteiger partial charge in [0.05, 0.1) is 0 Å². The first-order valence-corrected chi connectivity index (χ1v) is 3.04. The molecule has 0 N–H and O–H groups in total. The molecule has 0 atom stereocenters. The molecule has 2 nitrogen and oxygen atoms in total. The summed E-state index contributed by atoms with van der Waals surface area (Å²) in [6.45, 7) is 8.31. The van der Waals surface area contributed by atoms with Crippen LogP contribution in [0.1, 0.15) is 13.8 Å². The van der Waals surface area contributed by atoms with E-state index in [-0.39, 0.29) is 6.61 Å². The van der Waals surface area contributed by atoms with Crippen molar-refractivity contribution >= 4 is 6.47 Å². The summed E-state index contributed by atoms with van der Waals surface area (Å²) in [7, 11) is 0. The summed E-state index contributed by atoms with van der Waals surface area (Å²) in [4.78, 5) is 9.71. The molecule has 0 unspecified atom stereocenters. The van der Waals surface area contributed by atoms with Crippen LogP contribution in [0.2, 0.25) is 0 Å². The quantitative estimate of drug-likeness (QED) is 0.438. The second-order valence-corrected chi connectivity index (χ2v) is 2.29. The molecule has 0 aliphatic rings. The SMILES string of the molecule is C=C(C=C(C)C)COC=O. The van der Waals surface area contributed by atoms with E-state index < -0.39 is 0 Å². The van der Waals surface area contributed by atoms with Crippen LogP contribution in [0.25, 0.3) is 0 Å². The molecule has 10 heavy (non-hydrogen) atoms. The molecule has 0 bridgehead atoms. The Morgan fingerprint density at radius 2 is 2.20 bits per heavy atom. The average molecular weight is 140 g/mol. The van der Waals surface area contributed by atoms with Crippen LogP contribution in [0.15, 0.2) is 23.8 Å². The fraction of sp³-hybridized carbons (Fsp3) is 0.375. The molecule has 0 rings (SSSR count). The van der Waals surface area contributed by atoms with Crippen LogP contribution in [0.5, 0.6) is 0 Å². The summed E-state index contributed by atoms with van der Waals surface area (Å²) in [6.07, 6.45) is 1.88. The minimum atomic E-state index is 0.286. The molecule has 0 aromatic heterocycles. The molecule has 0 radical (unpaired) electrons. The summed E-state index contributed by atoms with van der Waals surface area (Å²) < 4.78 is 4.47. The van der Waals surface area contributed by atoms with E-state index in [2.05, 4.69) is 11.3 Å². The largest absolute Gasteiger partial charge is 0.463 e. The zero-order chi connectivity index (χ0) is 7.98. The van der Waals surface area contributed by atoms with E-state index >= 15 is 0 Å². The first-order valence-electron chi connectivity index (χ1n) is 3.04. The Kier molecular flexibility index (Phi) is 4.29. The van der Waals surface area contributed by atoms with Crippen LogP contribution < -0.4 is 0 Å². The first-order chi connectivity index (χ1) is 4.66. The minimum Gasteiger partial charge on any atom is -0.463 e. The number of ether oxygens (including phenoxy) is 1. The van der Waals surface area contributed by atoms with E-state index in [1.165, 1.54) is 0 Å². The van der Waals surface area contributed by atoms with E-state index in [4.69, 9.17) is 0 Å². The van der Waals surface area contributed by atoms with Gasteiger partial charge in [0.1, 0.15) is 6.61 Å². The van der Waals surface area contributed by atoms with E-state index in [0.717, 1.165) is 11.1 Å². The molecule has 0 aliphatic carbocycles. The predicted molar refractivity (Wildman–Crippen MR) is 40.6 cm³/mol. The Morgan fingerprint density at radius 3 is 2.60 bits per heavy atom. The molecule has 0 amide bonds. The van der Waals surface area contributed by atoms with Crippen molar-refractivity contribution < 1.29 is 9.53 Å². The maximum absolute atomic E-state index is 9.71. The molecule has 0 saturated carbocycles. The van der Waals surface area contributed by atoms with Gasteiger partial charge >= 0.3 is 0 Å². The van der Waals surface area contributed by atoms with Gasteiger partial charge in [-0.15, -0.1) is 0 Å². The Balaban J connectivity index is 3.64. The smallest absolute Gasteiger partial charge is 0.293 e. The van der Waals surface area contributed by atoms with Gasteiger partial charge in [0.25, 0.3) is 6.47 Å². The van der Waals surface area contributed by atoms with Gasteiger partial charge in [-0.05, 0) is 19.4 Å². The predicted octanol–water partition coefficient (Wildman–Crippen LogP) is 1.68. The minimum absolute atomic E-state index is 0.286. The van der Waals surface area contributed by atoms with Crippen LogP contribution in [0.3, 0.4) is 0 Å². The molecule has 0 heterocycles. The molecule has 0 aromatic carbocycles. The maximum Gasteiger partial charge on any atom is 0.293 e. The highest BCUT2D eigenvalue weighted by molar-refractivity contribution is 5.38. The lowest BCUT2D eigenvalue weighted by atomic mass is 10.2. The van der Waals surface area contributed by atoms with Gasteiger partial charge in [0.15, 0.2) is 0 Å². The molecule has 0 aromatic rings. The number of carbonyl (C=O) groups excluding carboxylic acids is 1. The van der Waals surface area contributed by atoms with E-state index in [1.807, 2.05) is 19.9 Å². The first kappa shape index (κ1) is 8.95. The fourth-order valence-electron chi connectivity index (χ4n) is 0.591. The maximum atomic E-state index is 9.71. The summed E-state index contributed by atoms with van der Waals surface area (Å²) in [5, 5.41) is 0. The van der Waals surface area contributed by atoms with Crippen LogP contribution in [0, 0.1) is 0 Å². The number of hydrogen-bond acceptors (Lipinski definition) is 2. The van der Waals surface area contributed by atoms with Gasteiger partial charge in [-0.1, -0.05) is 18.2 Å². The highest BCUT2D eigenvalue weighted by atomic mass is 16.5. The summed E-state index contributed by atoms with van der Waals surface area (Å²) >= 11 is 0. The lowest BCUT2D eigenvalue weighted by Crippen LogP contribution is -1.92. The van der Waals surface area contributed by atoms with Crippen LogP contribution in [0.4, 0.5) is 0 Å². The molecule has 0 fully saturated rings. The molecular weight excluding hydrogens is 128 g/mol. The third-order valence-corrected chi connectivity index (χ3v) is 0.830. The molecule has 2 heteroatoms. The van der Waals surface area contributed by atoms with Crippen molar-refractivity contribution in [3.63, 3.8) is 0 Å². The zero-order valence-corrected chi connectivity index (χ0v) is 6.39. The van der Waals surface area contributed by atoms with Crippen LogP contribution in [-0.4, -0.2) is 13.1 Å². The number of rotatable bonds is 4. The van der Waals surface area contributed by atoms with Gasteiger partial charge in [0.2, 0.25) is 0 Å². The van der Waals surface area contributed by atoms with Crippen LogP contribution >= 0.6 is 0 Å². The molecule has 0 spiro atoms. The van der Waals surface area contributed by atoms with Crippen molar-refractivity contribution in [2.45, 2.75) is 13.8 Å². The summed E-state index contributed by atoms with van der Waals surface area (Å²) in [5.74, 6) is 0. The second kappa shape index (κ2) is 4.79. The lowest BCUT2D eigenvalue weighted by molar-refractivity contribution is -0.127. The molecular formula is C8H12O2. The van der Waals surface area contributed by atoms with Gasteiger partial charge in [0, 0.05) is 0 Å². The van der Waals surface area contributed by atoms with Crippen molar-refractivity contribution in [3.8, 4) is 0 Å². The van der Waals surface area contributed by atoms with Crippen molar-refractivity contribution in [1.82, 2.24) is 0 Å². The summed E-state index contributed by atoms with van der Waals surface area (Å²) in [5.41, 5.74) is 1.96. The van der Waals surface area contributed by atoms with Gasteiger partial charge in [-0.3, -0.25) is 4.79 Å². The fourth-order valence-corrected chi connectivity index (χ4v) is 0.591. The molecule has 0 aliphatic heterocycles. The average Bonchev–Trinajstić information content (AvgIpc) is 1.82. The Bertz CT molecular complexity index is 153. The van der Waals surface area contributed by atoms with E-state index in [9.17, 15) is 4.79 Å². The zero-order valence-electron chi connectivity index (χ0n) is 6.39. The second-order valence-electron chi connectivity index (χ2n) is 2.29.